The number of fused-ring (bicyclic) bond motifs is 5. The Labute approximate surface area is 114 Å². The number of aromatic nitrogens is 1. The van der Waals surface area contributed by atoms with E-state index >= 15 is 0 Å². The van der Waals surface area contributed by atoms with Gasteiger partial charge in [-0.25, -0.2) is 0 Å². The smallest absolute Gasteiger partial charge is 0.0606 e. The van der Waals surface area contributed by atoms with Crippen LogP contribution in [0.1, 0.15) is 11.3 Å². The van der Waals surface area contributed by atoms with Gasteiger partial charge in [0.1, 0.15) is 0 Å². The number of para-hydroxylation sites is 1. The van der Waals surface area contributed by atoms with Crippen LogP contribution in [-0.4, -0.2) is 4.98 Å². The van der Waals surface area contributed by atoms with E-state index in [0.717, 1.165) is 17.3 Å². The lowest BCUT2D eigenvalue weighted by Crippen LogP contribution is -2.02. The Hall–Kier alpha value is -1.54. The number of rotatable bonds is 0. The summed E-state index contributed by atoms with van der Waals surface area (Å²) in [6, 6.07) is 15.2. The Kier molecular flexibility index (Phi) is 2.15. The number of nitrogens with one attached hydrogen (secondary N) is 1. The maximum absolute atomic E-state index is 3.63. The van der Waals surface area contributed by atoms with Crippen LogP contribution in [0.25, 0.3) is 22.0 Å². The van der Waals surface area contributed by atoms with Crippen LogP contribution in [0.4, 0.5) is 0 Å². The number of hydrogen-bond acceptors (Lipinski definition) is 0. The van der Waals surface area contributed by atoms with E-state index in [1.54, 1.807) is 0 Å². The molecule has 0 bridgehead atoms. The summed E-state index contributed by atoms with van der Waals surface area (Å²) in [6.45, 7) is 0. The third kappa shape index (κ3) is 1.33. The maximum Gasteiger partial charge on any atom is 0.0606 e. The highest BCUT2D eigenvalue weighted by atomic mass is 79.9. The van der Waals surface area contributed by atoms with E-state index in [0.29, 0.717) is 0 Å². The minimum absolute atomic E-state index is 1.10. The van der Waals surface area contributed by atoms with Crippen LogP contribution in [0.3, 0.4) is 0 Å². The summed E-state index contributed by atoms with van der Waals surface area (Å²) in [7, 11) is 0. The standard InChI is InChI=1S/C16H12BrN/c17-13-7-3-6-12-15-11-5-2-1-4-10(11)8-9-14(15)18-16(12)13/h1-7,18H,8-9H2. The molecule has 18 heavy (non-hydrogen) atoms. The lowest BCUT2D eigenvalue weighted by molar-refractivity contribution is 0.914. The van der Waals surface area contributed by atoms with Gasteiger partial charge in [0, 0.05) is 21.1 Å². The summed E-state index contributed by atoms with van der Waals surface area (Å²) >= 11 is 3.63. The molecule has 2 aromatic carbocycles. The number of aromatic amines is 1. The fourth-order valence-corrected chi connectivity index (χ4v) is 3.44. The first-order valence-corrected chi connectivity index (χ1v) is 7.01. The highest BCUT2D eigenvalue weighted by molar-refractivity contribution is 9.10. The van der Waals surface area contributed by atoms with E-state index in [2.05, 4.69) is 63.4 Å². The molecule has 0 atom stereocenters. The Morgan fingerprint density at radius 2 is 1.83 bits per heavy atom. The molecule has 0 spiro atoms. The molecule has 0 radical (unpaired) electrons. The molecule has 0 amide bonds. The molecule has 1 heterocycles. The van der Waals surface area contributed by atoms with Gasteiger partial charge in [0.05, 0.1) is 5.52 Å². The molecule has 1 aromatic heterocycles. The summed E-state index contributed by atoms with van der Waals surface area (Å²) in [4.78, 5) is 3.58. The van der Waals surface area contributed by atoms with E-state index in [1.807, 2.05) is 0 Å². The van der Waals surface area contributed by atoms with Crippen molar-refractivity contribution in [2.75, 3.05) is 0 Å². The molecule has 3 aromatic rings. The van der Waals surface area contributed by atoms with Gasteiger partial charge in [-0.1, -0.05) is 36.4 Å². The van der Waals surface area contributed by atoms with Crippen molar-refractivity contribution >= 4 is 26.8 Å². The molecule has 88 valence electrons. The Balaban J connectivity index is 2.14. The quantitative estimate of drug-likeness (QED) is 0.619. The summed E-state index contributed by atoms with van der Waals surface area (Å²) in [5, 5.41) is 1.33. The van der Waals surface area contributed by atoms with Crippen LogP contribution in [0, 0.1) is 0 Å². The van der Waals surface area contributed by atoms with Gasteiger partial charge < -0.3 is 4.98 Å². The number of hydrogen-bond donors (Lipinski definition) is 1. The van der Waals surface area contributed by atoms with E-state index in [4.69, 9.17) is 0 Å². The van der Waals surface area contributed by atoms with Crippen LogP contribution < -0.4 is 0 Å². The van der Waals surface area contributed by atoms with Crippen LogP contribution in [-0.2, 0) is 12.8 Å². The Morgan fingerprint density at radius 3 is 2.78 bits per heavy atom. The summed E-state index contributed by atoms with van der Waals surface area (Å²) in [5.41, 5.74) is 6.84. The summed E-state index contributed by atoms with van der Waals surface area (Å²) in [6.07, 6.45) is 2.24. The van der Waals surface area contributed by atoms with Crippen molar-refractivity contribution in [2.24, 2.45) is 0 Å². The van der Waals surface area contributed by atoms with Crippen LogP contribution >= 0.6 is 15.9 Å². The zero-order valence-electron chi connectivity index (χ0n) is 9.83. The van der Waals surface area contributed by atoms with E-state index in [-0.39, 0.29) is 0 Å². The van der Waals surface area contributed by atoms with Gasteiger partial charge in [-0.2, -0.15) is 0 Å². The number of halogens is 1. The third-order valence-corrected chi connectivity index (χ3v) is 4.45. The SMILES string of the molecule is Brc1cccc2c3c([nH]c12)CCc1ccccc1-3. The van der Waals surface area contributed by atoms with Crippen molar-refractivity contribution in [2.45, 2.75) is 12.8 Å². The first kappa shape index (κ1) is 10.4. The van der Waals surface area contributed by atoms with E-state index in [9.17, 15) is 0 Å². The molecule has 2 heteroatoms. The lowest BCUT2D eigenvalue weighted by atomic mass is 9.88. The zero-order valence-corrected chi connectivity index (χ0v) is 11.4. The second-order valence-electron chi connectivity index (χ2n) is 4.80. The zero-order chi connectivity index (χ0) is 12.1. The molecule has 0 aliphatic heterocycles. The molecule has 4 rings (SSSR count). The number of benzene rings is 2. The van der Waals surface area contributed by atoms with Crippen molar-refractivity contribution in [3.63, 3.8) is 0 Å². The Bertz CT molecular complexity index is 755. The monoisotopic (exact) mass is 297 g/mol. The van der Waals surface area contributed by atoms with Crippen molar-refractivity contribution in [1.82, 2.24) is 4.98 Å². The second kappa shape index (κ2) is 3.72. The molecule has 0 saturated heterocycles. The average molecular weight is 298 g/mol. The maximum atomic E-state index is 3.63. The molecule has 1 aliphatic carbocycles. The molecule has 1 aliphatic rings. The number of aryl methyl sites for hydroxylation is 2. The van der Waals surface area contributed by atoms with Crippen LogP contribution in [0.5, 0.6) is 0 Å². The van der Waals surface area contributed by atoms with Crippen molar-refractivity contribution in [1.29, 1.82) is 0 Å². The van der Waals surface area contributed by atoms with Crippen LogP contribution in [0.15, 0.2) is 46.9 Å². The topological polar surface area (TPSA) is 15.8 Å². The molecule has 1 N–H and O–H groups in total. The van der Waals surface area contributed by atoms with Gasteiger partial charge in [0.25, 0.3) is 0 Å². The van der Waals surface area contributed by atoms with Crippen molar-refractivity contribution in [3.8, 4) is 11.1 Å². The van der Waals surface area contributed by atoms with Gasteiger partial charge in [-0.15, -0.1) is 0 Å². The van der Waals surface area contributed by atoms with Crippen molar-refractivity contribution < 1.29 is 0 Å². The average Bonchev–Trinajstić information content (AvgIpc) is 2.79. The van der Waals surface area contributed by atoms with Gasteiger partial charge >= 0.3 is 0 Å². The molecular formula is C16H12BrN. The van der Waals surface area contributed by atoms with Gasteiger partial charge in [-0.05, 0) is 46.0 Å². The fourth-order valence-electron chi connectivity index (χ4n) is 2.97. The normalized spacial score (nSPS) is 13.4. The first-order chi connectivity index (χ1) is 8.84. The van der Waals surface area contributed by atoms with Gasteiger partial charge in [0.15, 0.2) is 0 Å². The third-order valence-electron chi connectivity index (χ3n) is 3.79. The predicted octanol–water partition coefficient (Wildman–Crippen LogP) is 4.70. The minimum Gasteiger partial charge on any atom is -0.357 e. The molecule has 0 fully saturated rings. The lowest BCUT2D eigenvalue weighted by Gasteiger charge is -2.16. The highest BCUT2D eigenvalue weighted by Gasteiger charge is 2.20. The molecule has 0 unspecified atom stereocenters. The van der Waals surface area contributed by atoms with Gasteiger partial charge in [0.2, 0.25) is 0 Å². The van der Waals surface area contributed by atoms with Crippen molar-refractivity contribution in [3.05, 3.63) is 58.2 Å². The molecular weight excluding hydrogens is 286 g/mol. The highest BCUT2D eigenvalue weighted by Crippen LogP contribution is 2.40. The first-order valence-electron chi connectivity index (χ1n) is 6.22. The van der Waals surface area contributed by atoms with Crippen LogP contribution in [0.2, 0.25) is 0 Å². The molecule has 1 nitrogen and oxygen atoms in total. The van der Waals surface area contributed by atoms with E-state index < -0.39 is 0 Å². The number of H-pyrrole nitrogens is 1. The fraction of sp³-hybridized carbons (Fsp3) is 0.125. The minimum atomic E-state index is 1.10. The van der Waals surface area contributed by atoms with E-state index in [1.165, 1.54) is 33.3 Å². The molecule has 0 saturated carbocycles. The predicted molar refractivity (Wildman–Crippen MR) is 78.8 cm³/mol. The largest absolute Gasteiger partial charge is 0.357 e. The summed E-state index contributed by atoms with van der Waals surface area (Å²) in [5.74, 6) is 0. The summed E-state index contributed by atoms with van der Waals surface area (Å²) < 4.78 is 1.15. The Morgan fingerprint density at radius 1 is 0.944 bits per heavy atom. The van der Waals surface area contributed by atoms with Gasteiger partial charge in [-0.3, -0.25) is 0 Å². The second-order valence-corrected chi connectivity index (χ2v) is 5.65.